The lowest BCUT2D eigenvalue weighted by molar-refractivity contribution is -0.0979. The van der Waals surface area contributed by atoms with E-state index in [0.717, 1.165) is 18.4 Å². The van der Waals surface area contributed by atoms with Crippen molar-refractivity contribution in [3.05, 3.63) is 42.0 Å². The molecule has 0 spiro atoms. The molecule has 2 bridgehead atoms. The van der Waals surface area contributed by atoms with Crippen molar-refractivity contribution in [2.75, 3.05) is 6.61 Å². The number of carbonyl (C=O) groups is 1. The molecule has 3 aliphatic carbocycles. The van der Waals surface area contributed by atoms with Gasteiger partial charge in [0, 0.05) is 0 Å². The van der Waals surface area contributed by atoms with Crippen molar-refractivity contribution in [1.82, 2.24) is 0 Å². The zero-order valence-electron chi connectivity index (χ0n) is 14.8. The summed E-state index contributed by atoms with van der Waals surface area (Å²) in [6.07, 6.45) is 5.83. The van der Waals surface area contributed by atoms with E-state index in [-0.39, 0.29) is 0 Å². The van der Waals surface area contributed by atoms with Crippen molar-refractivity contribution >= 4 is 6.79 Å². The summed E-state index contributed by atoms with van der Waals surface area (Å²) in [4.78, 5) is 8.00. The summed E-state index contributed by atoms with van der Waals surface area (Å²) in [5, 5.41) is 8.63. The van der Waals surface area contributed by atoms with Gasteiger partial charge in [-0.25, -0.2) is 0 Å². The standard InChI is InChI=1S/C10H16.C6H6O.C3H6O.CH2O/c1-7-4-5-8-6-9(7)10(8,2)3;7-6-4-2-1-3-5-6;1-3-2-4-3;1-2/h4,8-9H,5-6H2,1-3H3;1-5,7H;3H,2H2,1H3;1H2. The molecule has 1 N–H and O–H groups in total. The van der Waals surface area contributed by atoms with Crippen LogP contribution in [0.4, 0.5) is 0 Å². The van der Waals surface area contributed by atoms with E-state index in [9.17, 15) is 0 Å². The summed E-state index contributed by atoms with van der Waals surface area (Å²) in [5.74, 6) is 2.25. The number of phenolic OH excluding ortho intramolecular Hbond substituents is 1. The Kier molecular flexibility index (Phi) is 7.50. The summed E-state index contributed by atoms with van der Waals surface area (Å²) in [6, 6.07) is 8.71. The number of allylic oxidation sites excluding steroid dienone is 2. The number of para-hydroxylation sites is 1. The van der Waals surface area contributed by atoms with Crippen LogP contribution in [0.3, 0.4) is 0 Å². The summed E-state index contributed by atoms with van der Waals surface area (Å²) < 4.78 is 4.71. The molecule has 23 heavy (non-hydrogen) atoms. The lowest BCUT2D eigenvalue weighted by atomic mass is 9.49. The number of fused-ring (bicyclic) bond motifs is 1. The molecule has 1 aromatic rings. The number of phenols is 1. The van der Waals surface area contributed by atoms with Gasteiger partial charge in [-0.05, 0) is 56.1 Å². The highest BCUT2D eigenvalue weighted by molar-refractivity contribution is 5.21. The van der Waals surface area contributed by atoms with Crippen LogP contribution in [0.5, 0.6) is 5.75 Å². The fourth-order valence-electron chi connectivity index (χ4n) is 3.18. The molecule has 0 amide bonds. The number of epoxide rings is 1. The first kappa shape index (κ1) is 19.4. The van der Waals surface area contributed by atoms with E-state index in [1.807, 2.05) is 12.9 Å². The highest BCUT2D eigenvalue weighted by Gasteiger charge is 2.49. The van der Waals surface area contributed by atoms with E-state index in [2.05, 4.69) is 33.8 Å². The van der Waals surface area contributed by atoms with Gasteiger partial charge in [-0.15, -0.1) is 0 Å². The number of hydrogen-bond donors (Lipinski definition) is 1. The lowest BCUT2D eigenvalue weighted by Crippen LogP contribution is -2.47. The van der Waals surface area contributed by atoms with E-state index >= 15 is 0 Å². The van der Waals surface area contributed by atoms with Crippen LogP contribution in [0.15, 0.2) is 42.0 Å². The number of benzene rings is 1. The van der Waals surface area contributed by atoms with Crippen LogP contribution >= 0.6 is 0 Å². The molecule has 3 nitrogen and oxygen atoms in total. The largest absolute Gasteiger partial charge is 0.508 e. The average Bonchev–Trinajstić information content (AvgIpc) is 3.33. The fraction of sp³-hybridized carbons (Fsp3) is 0.550. The monoisotopic (exact) mass is 318 g/mol. The molecule has 2 fully saturated rings. The van der Waals surface area contributed by atoms with E-state index < -0.39 is 0 Å². The van der Waals surface area contributed by atoms with Gasteiger partial charge in [0.1, 0.15) is 12.5 Å². The Labute approximate surface area is 140 Å². The third-order valence-corrected chi connectivity index (χ3v) is 5.00. The first-order chi connectivity index (χ1) is 10.9. The molecule has 1 aliphatic heterocycles. The van der Waals surface area contributed by atoms with Gasteiger partial charge >= 0.3 is 0 Å². The topological polar surface area (TPSA) is 49.8 Å². The molecule has 1 heterocycles. The molecule has 5 rings (SSSR count). The first-order valence-electron chi connectivity index (χ1n) is 8.22. The molecule has 1 saturated carbocycles. The smallest absolute Gasteiger partial charge is 0.115 e. The maximum Gasteiger partial charge on any atom is 0.115 e. The van der Waals surface area contributed by atoms with Crippen molar-refractivity contribution in [3.63, 3.8) is 0 Å². The number of hydrogen-bond acceptors (Lipinski definition) is 3. The average molecular weight is 318 g/mol. The van der Waals surface area contributed by atoms with E-state index in [1.165, 1.54) is 12.8 Å². The van der Waals surface area contributed by atoms with Crippen molar-refractivity contribution in [3.8, 4) is 5.75 Å². The van der Waals surface area contributed by atoms with Crippen molar-refractivity contribution in [2.45, 2.75) is 46.6 Å². The van der Waals surface area contributed by atoms with Gasteiger partial charge in [0.15, 0.2) is 0 Å². The Morgan fingerprint density at radius 1 is 1.22 bits per heavy atom. The van der Waals surface area contributed by atoms with Crippen molar-refractivity contribution in [1.29, 1.82) is 0 Å². The van der Waals surface area contributed by atoms with Crippen molar-refractivity contribution in [2.24, 2.45) is 17.3 Å². The maximum absolute atomic E-state index is 8.63. The summed E-state index contributed by atoms with van der Waals surface area (Å²) >= 11 is 0. The van der Waals surface area contributed by atoms with Gasteiger partial charge in [0.05, 0.1) is 12.7 Å². The molecule has 0 radical (unpaired) electrons. The van der Waals surface area contributed by atoms with Gasteiger partial charge in [0.25, 0.3) is 0 Å². The van der Waals surface area contributed by atoms with Gasteiger partial charge in [0.2, 0.25) is 0 Å². The van der Waals surface area contributed by atoms with E-state index in [1.54, 1.807) is 29.8 Å². The Balaban J connectivity index is 0.000000177. The molecular formula is C20H30O3. The molecule has 3 unspecified atom stereocenters. The molecule has 0 aromatic heterocycles. The molecule has 128 valence electrons. The molecule has 3 atom stereocenters. The number of ether oxygens (including phenoxy) is 1. The second-order valence-electron chi connectivity index (χ2n) is 6.97. The van der Waals surface area contributed by atoms with Crippen LogP contribution < -0.4 is 0 Å². The minimum atomic E-state index is 0.322. The van der Waals surface area contributed by atoms with Crippen LogP contribution in [0.2, 0.25) is 0 Å². The molecule has 1 aromatic carbocycles. The van der Waals surface area contributed by atoms with Crippen LogP contribution in [0.25, 0.3) is 0 Å². The third kappa shape index (κ3) is 5.83. The highest BCUT2D eigenvalue weighted by atomic mass is 16.6. The Hall–Kier alpha value is -1.61. The van der Waals surface area contributed by atoms with E-state index in [4.69, 9.17) is 14.6 Å². The van der Waals surface area contributed by atoms with Gasteiger partial charge in [-0.1, -0.05) is 43.7 Å². The molecule has 1 saturated heterocycles. The van der Waals surface area contributed by atoms with Gasteiger partial charge in [-0.2, -0.15) is 0 Å². The minimum Gasteiger partial charge on any atom is -0.508 e. The SMILES string of the molecule is C=O.CC1=CCC2CC1C2(C)C.CC1CO1.Oc1ccccc1. The maximum atomic E-state index is 8.63. The molecular weight excluding hydrogens is 288 g/mol. The fourth-order valence-corrected chi connectivity index (χ4v) is 3.18. The predicted molar refractivity (Wildman–Crippen MR) is 94.4 cm³/mol. The van der Waals surface area contributed by atoms with Crippen LogP contribution in [-0.2, 0) is 9.53 Å². The van der Waals surface area contributed by atoms with Crippen LogP contribution in [0.1, 0.15) is 40.5 Å². The Morgan fingerprint density at radius 3 is 1.96 bits per heavy atom. The summed E-state index contributed by atoms with van der Waals surface area (Å²) in [6.45, 7) is 12.2. The molecule has 3 heteroatoms. The van der Waals surface area contributed by atoms with Crippen molar-refractivity contribution < 1.29 is 14.6 Å². The summed E-state index contributed by atoms with van der Waals surface area (Å²) in [5.41, 5.74) is 2.28. The third-order valence-electron chi connectivity index (χ3n) is 5.00. The van der Waals surface area contributed by atoms with E-state index in [0.29, 0.717) is 17.3 Å². The first-order valence-corrected chi connectivity index (χ1v) is 8.22. The zero-order chi connectivity index (χ0) is 17.5. The summed E-state index contributed by atoms with van der Waals surface area (Å²) in [7, 11) is 0. The minimum absolute atomic E-state index is 0.322. The second-order valence-corrected chi connectivity index (χ2v) is 6.97. The van der Waals surface area contributed by atoms with Crippen LogP contribution in [-0.4, -0.2) is 24.6 Å². The quantitative estimate of drug-likeness (QED) is 0.561. The second kappa shape index (κ2) is 8.88. The number of rotatable bonds is 0. The Bertz CT molecular complexity index is 489. The lowest BCUT2D eigenvalue weighted by Gasteiger charge is -2.56. The normalized spacial score (nSPS) is 28.0. The Morgan fingerprint density at radius 2 is 1.74 bits per heavy atom. The molecule has 4 aliphatic rings. The van der Waals surface area contributed by atoms with Gasteiger partial charge < -0.3 is 14.6 Å². The highest BCUT2D eigenvalue weighted by Crippen LogP contribution is 2.58. The number of aromatic hydroxyl groups is 1. The number of carbonyl (C=O) groups excluding carboxylic acids is 1. The predicted octanol–water partition coefficient (Wildman–Crippen LogP) is 4.61. The zero-order valence-corrected chi connectivity index (χ0v) is 14.8. The van der Waals surface area contributed by atoms with Gasteiger partial charge in [-0.3, -0.25) is 0 Å². The van der Waals surface area contributed by atoms with Crippen LogP contribution in [0, 0.1) is 17.3 Å².